The van der Waals surface area contributed by atoms with Gasteiger partial charge in [0, 0.05) is 35.3 Å². The number of amides is 1. The van der Waals surface area contributed by atoms with E-state index >= 15 is 0 Å². The Morgan fingerprint density at radius 3 is 2.79 bits per heavy atom. The van der Waals surface area contributed by atoms with Crippen LogP contribution in [0.1, 0.15) is 28.7 Å². The molecule has 0 fully saturated rings. The van der Waals surface area contributed by atoms with Gasteiger partial charge < -0.3 is 14.9 Å². The van der Waals surface area contributed by atoms with Crippen LogP contribution < -0.4 is 10.9 Å². The van der Waals surface area contributed by atoms with Crippen molar-refractivity contribution in [1.29, 1.82) is 0 Å². The number of aryl methyl sites for hydroxylation is 1. The molecule has 0 atom stereocenters. The summed E-state index contributed by atoms with van der Waals surface area (Å²) < 4.78 is 31.2. The summed E-state index contributed by atoms with van der Waals surface area (Å²) in [6, 6.07) is 7.40. The number of nitrogens with zero attached hydrogens (tertiary/aromatic N) is 3. The van der Waals surface area contributed by atoms with Crippen molar-refractivity contribution in [2.45, 2.75) is 20.4 Å². The lowest BCUT2D eigenvalue weighted by Gasteiger charge is -2.13. The van der Waals surface area contributed by atoms with Crippen LogP contribution in [0.4, 0.5) is 8.78 Å². The Hall–Kier alpha value is -4.34. The second kappa shape index (κ2) is 8.22. The summed E-state index contributed by atoms with van der Waals surface area (Å²) in [5.74, 6) is -1.57. The van der Waals surface area contributed by atoms with Gasteiger partial charge in [0.05, 0.1) is 40.5 Å². The number of pyridine rings is 2. The highest BCUT2D eigenvalue weighted by Gasteiger charge is 2.27. The summed E-state index contributed by atoms with van der Waals surface area (Å²) in [6.45, 7) is 3.49. The topological polar surface area (TPSA) is 108 Å². The van der Waals surface area contributed by atoms with Crippen molar-refractivity contribution in [3.8, 4) is 11.1 Å². The first-order valence-corrected chi connectivity index (χ1v) is 10.7. The Balaban J connectivity index is 1.86. The van der Waals surface area contributed by atoms with Gasteiger partial charge in [-0.3, -0.25) is 14.7 Å². The van der Waals surface area contributed by atoms with E-state index in [1.807, 2.05) is 0 Å². The summed E-state index contributed by atoms with van der Waals surface area (Å²) in [7, 11) is 0. The minimum absolute atomic E-state index is 0.0924. The van der Waals surface area contributed by atoms with Crippen LogP contribution in [0.25, 0.3) is 33.1 Å². The van der Waals surface area contributed by atoms with Gasteiger partial charge in [0.2, 0.25) is 0 Å². The molecule has 0 radical (unpaired) electrons. The van der Waals surface area contributed by atoms with E-state index in [4.69, 9.17) is 0 Å². The summed E-state index contributed by atoms with van der Waals surface area (Å²) in [4.78, 5) is 33.0. The molecule has 4 aromatic heterocycles. The molecule has 1 amide bonds. The molecule has 4 heterocycles. The number of carbonyl (C=O) groups excluding carboxylic acids is 1. The lowest BCUT2D eigenvalue weighted by Crippen LogP contribution is -2.27. The molecule has 0 spiro atoms. The highest BCUT2D eigenvalue weighted by atomic mass is 19.1. The monoisotopic (exact) mass is 462 g/mol. The average Bonchev–Trinajstić information content (AvgIpc) is 3.37. The van der Waals surface area contributed by atoms with Crippen LogP contribution in [0.15, 0.2) is 47.5 Å². The maximum atomic E-state index is 15.0. The summed E-state index contributed by atoms with van der Waals surface area (Å²) in [5, 5.41) is 10.1. The Bertz CT molecular complexity index is 1630. The molecule has 172 valence electrons. The van der Waals surface area contributed by atoms with Gasteiger partial charge in [-0.25, -0.2) is 13.8 Å². The first-order valence-electron chi connectivity index (χ1n) is 10.7. The van der Waals surface area contributed by atoms with E-state index < -0.39 is 23.1 Å². The van der Waals surface area contributed by atoms with Gasteiger partial charge in [-0.15, -0.1) is 0 Å². The van der Waals surface area contributed by atoms with Crippen molar-refractivity contribution >= 4 is 27.8 Å². The molecule has 0 saturated carbocycles. The predicted molar refractivity (Wildman–Crippen MR) is 124 cm³/mol. The van der Waals surface area contributed by atoms with E-state index in [1.54, 1.807) is 31.3 Å². The Labute approximate surface area is 191 Å². The first-order chi connectivity index (χ1) is 16.4. The second-order valence-electron chi connectivity index (χ2n) is 7.91. The normalized spacial score (nSPS) is 11.4. The summed E-state index contributed by atoms with van der Waals surface area (Å²) >= 11 is 0. The highest BCUT2D eigenvalue weighted by Crippen LogP contribution is 2.34. The van der Waals surface area contributed by atoms with Gasteiger partial charge in [0.1, 0.15) is 17.3 Å². The fourth-order valence-electron chi connectivity index (χ4n) is 4.15. The maximum Gasteiger partial charge on any atom is 0.268 e. The number of halogens is 2. The van der Waals surface area contributed by atoms with Crippen LogP contribution in [-0.2, 0) is 6.54 Å². The number of benzene rings is 1. The molecular weight excluding hydrogens is 442 g/mol. The van der Waals surface area contributed by atoms with Crippen molar-refractivity contribution in [1.82, 2.24) is 30.0 Å². The van der Waals surface area contributed by atoms with E-state index in [0.717, 1.165) is 0 Å². The Morgan fingerprint density at radius 1 is 1.21 bits per heavy atom. The molecule has 5 rings (SSSR count). The zero-order chi connectivity index (χ0) is 24.0. The fraction of sp³-hybridized carbons (Fsp3) is 0.167. The van der Waals surface area contributed by atoms with Crippen LogP contribution in [0.3, 0.4) is 0 Å². The van der Waals surface area contributed by atoms with Crippen LogP contribution in [0.5, 0.6) is 0 Å². The van der Waals surface area contributed by atoms with E-state index in [2.05, 4.69) is 25.5 Å². The average molecular weight is 462 g/mol. The third-order valence-corrected chi connectivity index (χ3v) is 5.74. The first kappa shape index (κ1) is 21.5. The van der Waals surface area contributed by atoms with Crippen LogP contribution in [0.2, 0.25) is 0 Å². The largest absolute Gasteiger partial charge is 0.351 e. The highest BCUT2D eigenvalue weighted by molar-refractivity contribution is 6.09. The van der Waals surface area contributed by atoms with E-state index in [0.29, 0.717) is 17.4 Å². The molecule has 0 aliphatic carbocycles. The molecular formula is C24H20F2N6O2. The zero-order valence-corrected chi connectivity index (χ0v) is 18.4. The SMILES string of the molecule is CCNC(=O)c1c(-c2ccc[nH]c2=O)c2nc(C)c(F)cc2n1Cc1cc2cn[nH]c2cc1F. The lowest BCUT2D eigenvalue weighted by atomic mass is 10.1. The Kier molecular flexibility index (Phi) is 5.20. The van der Waals surface area contributed by atoms with Gasteiger partial charge in [-0.1, -0.05) is 0 Å². The third kappa shape index (κ3) is 3.43. The third-order valence-electron chi connectivity index (χ3n) is 5.74. The number of aromatic amines is 2. The van der Waals surface area contributed by atoms with Crippen LogP contribution in [0, 0.1) is 18.6 Å². The van der Waals surface area contributed by atoms with E-state index in [1.165, 1.54) is 29.8 Å². The number of aromatic nitrogens is 5. The molecule has 5 aromatic rings. The Morgan fingerprint density at radius 2 is 2.03 bits per heavy atom. The summed E-state index contributed by atoms with van der Waals surface area (Å²) in [5.41, 5.74) is 1.60. The number of nitrogens with one attached hydrogen (secondary N) is 3. The molecule has 0 bridgehead atoms. The number of hydrogen-bond donors (Lipinski definition) is 3. The minimum atomic E-state index is -0.576. The second-order valence-corrected chi connectivity index (χ2v) is 7.91. The molecule has 3 N–H and O–H groups in total. The number of rotatable bonds is 5. The van der Waals surface area contributed by atoms with Gasteiger partial charge in [0.15, 0.2) is 0 Å². The van der Waals surface area contributed by atoms with Crippen molar-refractivity contribution in [2.24, 2.45) is 0 Å². The number of fused-ring (bicyclic) bond motifs is 2. The molecule has 0 saturated heterocycles. The smallest absolute Gasteiger partial charge is 0.268 e. The minimum Gasteiger partial charge on any atom is -0.351 e. The molecule has 0 aliphatic rings. The molecule has 1 aromatic carbocycles. The molecule has 34 heavy (non-hydrogen) atoms. The van der Waals surface area contributed by atoms with E-state index in [9.17, 15) is 18.4 Å². The summed E-state index contributed by atoms with van der Waals surface area (Å²) in [6.07, 6.45) is 3.04. The predicted octanol–water partition coefficient (Wildman–Crippen LogP) is 3.65. The lowest BCUT2D eigenvalue weighted by molar-refractivity contribution is 0.0948. The zero-order valence-electron chi connectivity index (χ0n) is 18.4. The van der Waals surface area contributed by atoms with Crippen molar-refractivity contribution < 1.29 is 13.6 Å². The van der Waals surface area contributed by atoms with Crippen LogP contribution in [-0.4, -0.2) is 37.2 Å². The fourth-order valence-corrected chi connectivity index (χ4v) is 4.15. The molecule has 10 heteroatoms. The number of hydrogen-bond acceptors (Lipinski definition) is 4. The van der Waals surface area contributed by atoms with Crippen molar-refractivity contribution in [2.75, 3.05) is 6.54 Å². The maximum absolute atomic E-state index is 15.0. The molecule has 0 unspecified atom stereocenters. The van der Waals surface area contributed by atoms with Crippen molar-refractivity contribution in [3.05, 3.63) is 81.7 Å². The van der Waals surface area contributed by atoms with Gasteiger partial charge in [-0.05, 0) is 38.1 Å². The quantitative estimate of drug-likeness (QED) is 0.370. The van der Waals surface area contributed by atoms with Gasteiger partial charge in [0.25, 0.3) is 11.5 Å². The number of H-pyrrole nitrogens is 2. The molecule has 0 aliphatic heterocycles. The van der Waals surface area contributed by atoms with Gasteiger partial charge in [-0.2, -0.15) is 5.10 Å². The van der Waals surface area contributed by atoms with Crippen molar-refractivity contribution in [3.63, 3.8) is 0 Å². The van der Waals surface area contributed by atoms with Gasteiger partial charge >= 0.3 is 0 Å². The standard InChI is InChI=1S/C24H20F2N6O2/c1-3-27-24(34)22-20(15-5-4-6-28-23(15)33)21-19(9-16(25)12(2)30-21)32(22)11-14-7-13-10-29-31-18(13)8-17(14)26/h4-10H,3,11H2,1-2H3,(H,27,34)(H,28,33)(H,29,31). The molecule has 8 nitrogen and oxygen atoms in total. The van der Waals surface area contributed by atoms with Crippen LogP contribution >= 0.6 is 0 Å². The van der Waals surface area contributed by atoms with E-state index in [-0.39, 0.29) is 45.7 Å². The number of carbonyl (C=O) groups is 1.